The Morgan fingerprint density at radius 1 is 0.833 bits per heavy atom. The molecule has 0 aromatic heterocycles. The number of hydrogen-bond donors (Lipinski definition) is 5. The van der Waals surface area contributed by atoms with Crippen molar-refractivity contribution in [2.45, 2.75) is 19.3 Å². The van der Waals surface area contributed by atoms with Crippen LogP contribution in [-0.4, -0.2) is 43.4 Å². The molecule has 36 heavy (non-hydrogen) atoms. The van der Waals surface area contributed by atoms with Gasteiger partial charge in [-0.1, -0.05) is 24.3 Å². The first-order valence-corrected chi connectivity index (χ1v) is 11.4. The first-order valence-electron chi connectivity index (χ1n) is 11.4. The quantitative estimate of drug-likeness (QED) is 0.131. The molecule has 0 saturated heterocycles. The van der Waals surface area contributed by atoms with Crippen molar-refractivity contribution in [1.82, 2.24) is 10.6 Å². The molecule has 0 spiro atoms. The summed E-state index contributed by atoms with van der Waals surface area (Å²) in [6, 6.07) is 17.0. The highest BCUT2D eigenvalue weighted by Crippen LogP contribution is 2.33. The first kappa shape index (κ1) is 26.7. The molecule has 6 N–H and O–H groups in total. The molecule has 1 unspecified atom stereocenters. The van der Waals surface area contributed by atoms with Gasteiger partial charge in [0.15, 0.2) is 17.5 Å². The van der Waals surface area contributed by atoms with E-state index in [9.17, 15) is 13.9 Å². The van der Waals surface area contributed by atoms with E-state index < -0.39 is 6.10 Å². The van der Waals surface area contributed by atoms with Crippen LogP contribution < -0.4 is 30.6 Å². The number of nitrogens with two attached hydrogens (primary N) is 1. The fourth-order valence-corrected chi connectivity index (χ4v) is 3.10. The maximum atomic E-state index is 13.2. The fraction of sp³-hybridized carbons (Fsp3) is 0.269. The highest BCUT2D eigenvalue weighted by molar-refractivity contribution is 5.74. The van der Waals surface area contributed by atoms with Crippen molar-refractivity contribution >= 4 is 5.96 Å². The van der Waals surface area contributed by atoms with Crippen molar-refractivity contribution in [2.75, 3.05) is 26.2 Å². The number of nitrogens with one attached hydrogen (secondary N) is 3. The summed E-state index contributed by atoms with van der Waals surface area (Å²) < 4.78 is 43.9. The first-order chi connectivity index (χ1) is 17.4. The molecule has 10 heteroatoms. The van der Waals surface area contributed by atoms with Crippen molar-refractivity contribution in [3.8, 4) is 17.2 Å². The molecule has 0 fully saturated rings. The summed E-state index contributed by atoms with van der Waals surface area (Å²) in [4.78, 5) is 0. The average molecular weight is 501 g/mol. The van der Waals surface area contributed by atoms with Crippen molar-refractivity contribution in [3.05, 3.63) is 89.5 Å². The van der Waals surface area contributed by atoms with Gasteiger partial charge >= 0.3 is 0 Å². The summed E-state index contributed by atoms with van der Waals surface area (Å²) in [5.74, 6) is 0.559. The maximum Gasteiger partial charge on any atom is 0.185 e. The Morgan fingerprint density at radius 2 is 1.42 bits per heavy atom. The minimum atomic E-state index is -0.764. The Morgan fingerprint density at radius 3 is 2.00 bits per heavy atom. The van der Waals surface area contributed by atoms with E-state index in [0.717, 1.165) is 11.1 Å². The topological polar surface area (TPSA) is 122 Å². The summed E-state index contributed by atoms with van der Waals surface area (Å²) in [6.07, 6.45) is -0.764. The molecular weight excluding hydrogens is 470 g/mol. The number of rotatable bonds is 14. The van der Waals surface area contributed by atoms with E-state index in [2.05, 4.69) is 10.6 Å². The standard InChI is InChI=1S/C26H30F2N4O4/c27-20-5-1-18(2-6-20)15-35-24-10-9-23(34-17-22(33)14-31-11-12-32-26(29)30)13-25(24)36-16-19-3-7-21(28)8-4-19/h1-10,13,22,31,33H,11-12,14-17H2,(H4,29,30,32). The number of aliphatic hydroxyl groups excluding tert-OH is 1. The predicted molar refractivity (Wildman–Crippen MR) is 132 cm³/mol. The molecule has 0 aliphatic rings. The Kier molecular flexibility index (Phi) is 10.3. The normalized spacial score (nSPS) is 11.5. The molecule has 0 bridgehead atoms. The molecule has 3 aromatic carbocycles. The van der Waals surface area contributed by atoms with Gasteiger partial charge in [-0.3, -0.25) is 5.41 Å². The minimum Gasteiger partial charge on any atom is -0.491 e. The number of hydrogen-bond acceptors (Lipinski definition) is 6. The number of ether oxygens (including phenoxy) is 3. The summed E-state index contributed by atoms with van der Waals surface area (Å²) in [6.45, 7) is 1.72. The second kappa shape index (κ2) is 13.9. The van der Waals surface area contributed by atoms with Gasteiger partial charge in [0.25, 0.3) is 0 Å². The lowest BCUT2D eigenvalue weighted by atomic mass is 10.2. The van der Waals surface area contributed by atoms with Crippen LogP contribution in [0.3, 0.4) is 0 Å². The van der Waals surface area contributed by atoms with Crippen LogP contribution in [0.5, 0.6) is 17.2 Å². The highest BCUT2D eigenvalue weighted by Gasteiger charge is 2.11. The molecule has 0 aliphatic carbocycles. The molecule has 3 aromatic rings. The van der Waals surface area contributed by atoms with Crippen LogP contribution in [0, 0.1) is 17.0 Å². The lowest BCUT2D eigenvalue weighted by Crippen LogP contribution is -2.39. The van der Waals surface area contributed by atoms with E-state index in [1.807, 2.05) is 0 Å². The Hall–Kier alpha value is -3.89. The third kappa shape index (κ3) is 9.40. The van der Waals surface area contributed by atoms with Gasteiger partial charge in [-0.15, -0.1) is 0 Å². The van der Waals surface area contributed by atoms with Gasteiger partial charge in [0.2, 0.25) is 0 Å². The van der Waals surface area contributed by atoms with E-state index in [1.165, 1.54) is 24.3 Å². The van der Waals surface area contributed by atoms with Gasteiger partial charge in [0.1, 0.15) is 43.3 Å². The lowest BCUT2D eigenvalue weighted by molar-refractivity contribution is 0.106. The molecule has 0 heterocycles. The monoisotopic (exact) mass is 500 g/mol. The van der Waals surface area contributed by atoms with Gasteiger partial charge < -0.3 is 35.7 Å². The van der Waals surface area contributed by atoms with Crippen LogP contribution >= 0.6 is 0 Å². The third-order valence-electron chi connectivity index (χ3n) is 4.97. The molecule has 192 valence electrons. The maximum absolute atomic E-state index is 13.2. The van der Waals surface area contributed by atoms with Gasteiger partial charge in [-0.2, -0.15) is 0 Å². The molecular formula is C26H30F2N4O4. The van der Waals surface area contributed by atoms with E-state index in [-0.39, 0.29) is 37.4 Å². The Balaban J connectivity index is 1.59. The Bertz CT molecular complexity index is 1100. The zero-order chi connectivity index (χ0) is 25.8. The molecule has 1 atom stereocenters. The molecule has 8 nitrogen and oxygen atoms in total. The number of benzene rings is 3. The van der Waals surface area contributed by atoms with Gasteiger partial charge in [0, 0.05) is 25.7 Å². The van der Waals surface area contributed by atoms with Gasteiger partial charge in [-0.25, -0.2) is 8.78 Å². The smallest absolute Gasteiger partial charge is 0.185 e. The van der Waals surface area contributed by atoms with E-state index in [0.29, 0.717) is 36.9 Å². The molecule has 0 saturated carbocycles. The number of aliphatic hydroxyl groups is 1. The number of halogens is 2. The second-order valence-electron chi connectivity index (χ2n) is 7.95. The SMILES string of the molecule is N=C(N)NCCNCC(O)COc1ccc(OCc2ccc(F)cc2)c(OCc2ccc(F)cc2)c1. The molecule has 3 rings (SSSR count). The molecule has 0 amide bonds. The Labute approximate surface area is 208 Å². The average Bonchev–Trinajstić information content (AvgIpc) is 2.87. The summed E-state index contributed by atoms with van der Waals surface area (Å²) in [7, 11) is 0. The summed E-state index contributed by atoms with van der Waals surface area (Å²) >= 11 is 0. The summed E-state index contributed by atoms with van der Waals surface area (Å²) in [5.41, 5.74) is 6.77. The minimum absolute atomic E-state index is 0.0420. The molecule has 0 radical (unpaired) electrons. The fourth-order valence-electron chi connectivity index (χ4n) is 3.10. The van der Waals surface area contributed by atoms with Crippen LogP contribution in [0.25, 0.3) is 0 Å². The van der Waals surface area contributed by atoms with Crippen molar-refractivity contribution < 1.29 is 28.1 Å². The van der Waals surface area contributed by atoms with Gasteiger partial charge in [-0.05, 0) is 47.5 Å². The van der Waals surface area contributed by atoms with Crippen LogP contribution in [0.2, 0.25) is 0 Å². The highest BCUT2D eigenvalue weighted by atomic mass is 19.1. The van der Waals surface area contributed by atoms with Crippen LogP contribution in [0.15, 0.2) is 66.7 Å². The van der Waals surface area contributed by atoms with Gasteiger partial charge in [0.05, 0.1) is 0 Å². The van der Waals surface area contributed by atoms with E-state index >= 15 is 0 Å². The van der Waals surface area contributed by atoms with Crippen molar-refractivity contribution in [1.29, 1.82) is 5.41 Å². The lowest BCUT2D eigenvalue weighted by Gasteiger charge is -2.17. The van der Waals surface area contributed by atoms with Crippen LogP contribution in [0.4, 0.5) is 8.78 Å². The second-order valence-corrected chi connectivity index (χ2v) is 7.95. The number of guanidine groups is 1. The predicted octanol–water partition coefficient (Wildman–Crippen LogP) is 2.94. The third-order valence-corrected chi connectivity index (χ3v) is 4.97. The molecule has 0 aliphatic heterocycles. The largest absolute Gasteiger partial charge is 0.491 e. The van der Waals surface area contributed by atoms with E-state index in [1.54, 1.807) is 42.5 Å². The van der Waals surface area contributed by atoms with Crippen molar-refractivity contribution in [2.24, 2.45) is 5.73 Å². The zero-order valence-electron chi connectivity index (χ0n) is 19.7. The van der Waals surface area contributed by atoms with E-state index in [4.69, 9.17) is 25.4 Å². The zero-order valence-corrected chi connectivity index (χ0v) is 19.7. The van der Waals surface area contributed by atoms with Crippen molar-refractivity contribution in [3.63, 3.8) is 0 Å². The van der Waals surface area contributed by atoms with Crippen LogP contribution in [0.1, 0.15) is 11.1 Å². The summed E-state index contributed by atoms with van der Waals surface area (Å²) in [5, 5.41) is 23.0. The van der Waals surface area contributed by atoms with Crippen LogP contribution in [-0.2, 0) is 13.2 Å².